The van der Waals surface area contributed by atoms with E-state index in [-0.39, 0.29) is 22.9 Å². The van der Waals surface area contributed by atoms with Gasteiger partial charge in [0, 0.05) is 16.7 Å². The number of aliphatic hydroxyl groups is 1. The highest BCUT2D eigenvalue weighted by Crippen LogP contribution is 2.32. The maximum atomic E-state index is 12.0. The molecular weight excluding hydrogens is 324 g/mol. The van der Waals surface area contributed by atoms with Gasteiger partial charge in [0.2, 0.25) is 10.0 Å². The molecule has 0 amide bonds. The number of aliphatic hydroxyl groups excluding tert-OH is 1. The first-order valence-electron chi connectivity index (χ1n) is 5.08. The highest BCUT2D eigenvalue weighted by atomic mass is 79.9. The van der Waals surface area contributed by atoms with E-state index in [0.717, 1.165) is 0 Å². The quantitative estimate of drug-likeness (QED) is 0.686. The lowest BCUT2D eigenvalue weighted by Gasteiger charge is -2.13. The first-order chi connectivity index (χ1) is 8.27. The van der Waals surface area contributed by atoms with E-state index in [2.05, 4.69) is 20.7 Å². The van der Waals surface area contributed by atoms with Crippen LogP contribution in [0.3, 0.4) is 0 Å². The van der Waals surface area contributed by atoms with Crippen LogP contribution in [0.4, 0.5) is 5.69 Å². The average Bonchev–Trinajstić information content (AvgIpc) is 2.29. The first-order valence-corrected chi connectivity index (χ1v) is 7.36. The van der Waals surface area contributed by atoms with Crippen molar-refractivity contribution in [2.75, 3.05) is 19.4 Å². The number of hydrogen-bond acceptors (Lipinski definition) is 5. The molecular formula is C10H15BrN2O4S. The van der Waals surface area contributed by atoms with Gasteiger partial charge in [-0.1, -0.05) is 0 Å². The molecule has 8 heteroatoms. The minimum atomic E-state index is -3.77. The molecule has 18 heavy (non-hydrogen) atoms. The lowest BCUT2D eigenvalue weighted by Crippen LogP contribution is -2.31. The third-order valence-electron chi connectivity index (χ3n) is 2.14. The van der Waals surface area contributed by atoms with Gasteiger partial charge in [-0.15, -0.1) is 0 Å². The van der Waals surface area contributed by atoms with Gasteiger partial charge in [-0.25, -0.2) is 13.1 Å². The first kappa shape index (κ1) is 15.2. The zero-order chi connectivity index (χ0) is 13.9. The van der Waals surface area contributed by atoms with E-state index < -0.39 is 16.1 Å². The van der Waals surface area contributed by atoms with Gasteiger partial charge in [0.25, 0.3) is 0 Å². The summed E-state index contributed by atoms with van der Waals surface area (Å²) < 4.78 is 31.8. The number of nitrogens with one attached hydrogen (secondary N) is 1. The Hall–Kier alpha value is -0.830. The number of nitrogens with two attached hydrogens (primary N) is 1. The fourth-order valence-corrected chi connectivity index (χ4v) is 2.86. The number of anilines is 1. The molecule has 0 aliphatic rings. The molecule has 0 saturated heterocycles. The molecule has 102 valence electrons. The average molecular weight is 339 g/mol. The Labute approximate surface area is 114 Å². The molecule has 1 atom stereocenters. The van der Waals surface area contributed by atoms with Gasteiger partial charge in [-0.05, 0) is 35.0 Å². The van der Waals surface area contributed by atoms with Crippen molar-refractivity contribution < 1.29 is 18.3 Å². The maximum Gasteiger partial charge on any atom is 0.244 e. The second-order valence-electron chi connectivity index (χ2n) is 3.73. The molecule has 0 heterocycles. The second kappa shape index (κ2) is 5.87. The summed E-state index contributed by atoms with van der Waals surface area (Å²) >= 11 is 3.19. The van der Waals surface area contributed by atoms with Crippen molar-refractivity contribution in [3.8, 4) is 5.75 Å². The van der Waals surface area contributed by atoms with Gasteiger partial charge >= 0.3 is 0 Å². The van der Waals surface area contributed by atoms with E-state index in [1.165, 1.54) is 26.2 Å². The summed E-state index contributed by atoms with van der Waals surface area (Å²) in [6.07, 6.45) is -0.779. The largest absolute Gasteiger partial charge is 0.495 e. The standard InChI is InChI=1S/C10H15BrN2O4S/c1-6(14)5-13-18(15,16)10-4-8(12)7(11)3-9(10)17-2/h3-4,6,13-14H,5,12H2,1-2H3/t6-/m1/s1. The van der Waals surface area contributed by atoms with Crippen LogP contribution in [0, 0.1) is 0 Å². The van der Waals surface area contributed by atoms with Crippen LogP contribution in [0.25, 0.3) is 0 Å². The molecule has 0 bridgehead atoms. The van der Waals surface area contributed by atoms with Crippen molar-refractivity contribution in [3.63, 3.8) is 0 Å². The number of sulfonamides is 1. The van der Waals surface area contributed by atoms with Gasteiger partial charge in [0.1, 0.15) is 10.6 Å². The normalized spacial score (nSPS) is 13.3. The Kier molecular flexibility index (Phi) is 4.97. The van der Waals surface area contributed by atoms with Crippen LogP contribution < -0.4 is 15.2 Å². The van der Waals surface area contributed by atoms with Crippen LogP contribution in [0.5, 0.6) is 5.75 Å². The number of rotatable bonds is 5. The highest BCUT2D eigenvalue weighted by Gasteiger charge is 2.21. The molecule has 6 nitrogen and oxygen atoms in total. The zero-order valence-electron chi connectivity index (χ0n) is 9.97. The monoisotopic (exact) mass is 338 g/mol. The molecule has 4 N–H and O–H groups in total. The fourth-order valence-electron chi connectivity index (χ4n) is 1.23. The Balaban J connectivity index is 3.19. The maximum absolute atomic E-state index is 12.0. The molecule has 1 aromatic rings. The third-order valence-corrected chi connectivity index (χ3v) is 4.27. The summed E-state index contributed by atoms with van der Waals surface area (Å²) in [5.74, 6) is 0.175. The molecule has 0 aliphatic carbocycles. The van der Waals surface area contributed by atoms with Crippen molar-refractivity contribution >= 4 is 31.6 Å². The summed E-state index contributed by atoms with van der Waals surface area (Å²) in [7, 11) is -2.41. The summed E-state index contributed by atoms with van der Waals surface area (Å²) in [6, 6.07) is 2.78. The van der Waals surface area contributed by atoms with E-state index in [9.17, 15) is 8.42 Å². The highest BCUT2D eigenvalue weighted by molar-refractivity contribution is 9.10. The lowest BCUT2D eigenvalue weighted by atomic mass is 10.3. The number of methoxy groups -OCH3 is 1. The molecule has 0 unspecified atom stereocenters. The van der Waals surface area contributed by atoms with Gasteiger partial charge in [-0.3, -0.25) is 0 Å². The van der Waals surface area contributed by atoms with Crippen molar-refractivity contribution in [2.24, 2.45) is 0 Å². The zero-order valence-corrected chi connectivity index (χ0v) is 12.4. The van der Waals surface area contributed by atoms with Crippen molar-refractivity contribution in [2.45, 2.75) is 17.9 Å². The van der Waals surface area contributed by atoms with Gasteiger partial charge in [-0.2, -0.15) is 0 Å². The molecule has 0 fully saturated rings. The molecule has 0 aromatic heterocycles. The predicted molar refractivity (Wildman–Crippen MR) is 72.0 cm³/mol. The van der Waals surface area contributed by atoms with Gasteiger partial charge in [0.15, 0.2) is 0 Å². The Morgan fingerprint density at radius 3 is 2.67 bits per heavy atom. The van der Waals surface area contributed by atoms with Crippen molar-refractivity contribution in [1.29, 1.82) is 0 Å². The van der Waals surface area contributed by atoms with Crippen LogP contribution in [-0.4, -0.2) is 33.3 Å². The number of halogens is 1. The van der Waals surface area contributed by atoms with Crippen LogP contribution in [0.15, 0.2) is 21.5 Å². The predicted octanol–water partition coefficient (Wildman–Crippen LogP) is 0.699. The van der Waals surface area contributed by atoms with Crippen LogP contribution in [0.1, 0.15) is 6.92 Å². The molecule has 0 aliphatic heterocycles. The molecule has 1 aromatic carbocycles. The van der Waals surface area contributed by atoms with Gasteiger partial charge < -0.3 is 15.6 Å². The number of hydrogen-bond donors (Lipinski definition) is 3. The minimum absolute atomic E-state index is 0.0636. The summed E-state index contributed by atoms with van der Waals surface area (Å²) in [5, 5.41) is 9.10. The van der Waals surface area contributed by atoms with E-state index in [1.54, 1.807) is 0 Å². The fraction of sp³-hybridized carbons (Fsp3) is 0.400. The van der Waals surface area contributed by atoms with E-state index in [1.807, 2.05) is 0 Å². The number of nitrogen functional groups attached to an aromatic ring is 1. The number of ether oxygens (including phenoxy) is 1. The Bertz CT molecular complexity index is 531. The SMILES string of the molecule is COc1cc(Br)c(N)cc1S(=O)(=O)NC[C@@H](C)O. The topological polar surface area (TPSA) is 102 Å². The minimum Gasteiger partial charge on any atom is -0.495 e. The molecule has 0 radical (unpaired) electrons. The van der Waals surface area contributed by atoms with Crippen LogP contribution in [-0.2, 0) is 10.0 Å². The van der Waals surface area contributed by atoms with E-state index in [0.29, 0.717) is 4.47 Å². The Morgan fingerprint density at radius 1 is 1.56 bits per heavy atom. The smallest absolute Gasteiger partial charge is 0.244 e. The van der Waals surface area contributed by atoms with Crippen molar-refractivity contribution in [1.82, 2.24) is 4.72 Å². The summed E-state index contributed by atoms with van der Waals surface area (Å²) in [6.45, 7) is 1.40. The molecule has 1 rings (SSSR count). The second-order valence-corrected chi connectivity index (χ2v) is 6.32. The number of benzene rings is 1. The molecule has 0 saturated carbocycles. The molecule has 0 spiro atoms. The Morgan fingerprint density at radius 2 is 2.17 bits per heavy atom. The van der Waals surface area contributed by atoms with Crippen LogP contribution >= 0.6 is 15.9 Å². The van der Waals surface area contributed by atoms with Crippen LogP contribution in [0.2, 0.25) is 0 Å². The van der Waals surface area contributed by atoms with Gasteiger partial charge in [0.05, 0.1) is 13.2 Å². The third kappa shape index (κ3) is 3.58. The van der Waals surface area contributed by atoms with Crippen molar-refractivity contribution in [3.05, 3.63) is 16.6 Å². The summed E-state index contributed by atoms with van der Waals surface area (Å²) in [4.78, 5) is -0.0636. The summed E-state index contributed by atoms with van der Waals surface area (Å²) in [5.41, 5.74) is 5.94. The lowest BCUT2D eigenvalue weighted by molar-refractivity contribution is 0.198. The van der Waals surface area contributed by atoms with E-state index in [4.69, 9.17) is 15.6 Å². The van der Waals surface area contributed by atoms with E-state index >= 15 is 0 Å².